The Morgan fingerprint density at radius 2 is 1.65 bits per heavy atom. The fourth-order valence-electron chi connectivity index (χ4n) is 2.31. The van der Waals surface area contributed by atoms with Crippen LogP contribution < -0.4 is 5.32 Å². The molecule has 0 aromatic heterocycles. The molecule has 0 aliphatic carbocycles. The maximum atomic E-state index is 12.1. The molecule has 0 saturated carbocycles. The minimum Gasteiger partial charge on any atom is -0.322 e. The molecule has 2 nitrogen and oxygen atoms in total. The van der Waals surface area contributed by atoms with Gasteiger partial charge in [-0.2, -0.15) is 0 Å². The molecule has 0 heterocycles. The molecule has 0 aliphatic rings. The summed E-state index contributed by atoms with van der Waals surface area (Å²) in [6.07, 6.45) is 3.42. The molecule has 0 atom stereocenters. The summed E-state index contributed by atoms with van der Waals surface area (Å²) >= 11 is 0. The third-order valence-electron chi connectivity index (χ3n) is 3.85. The molecule has 0 radical (unpaired) electrons. The molecule has 1 N–H and O–H groups in total. The second-order valence-corrected chi connectivity index (χ2v) is 7.01. The zero-order valence-corrected chi connectivity index (χ0v) is 14.6. The molecule has 2 rings (SSSR count). The number of nitrogens with one attached hydrogen (secondary N) is 1. The molecule has 2 aromatic rings. The summed E-state index contributed by atoms with van der Waals surface area (Å²) in [5.41, 5.74) is 5.51. The second-order valence-electron chi connectivity index (χ2n) is 7.01. The molecule has 1 amide bonds. The van der Waals surface area contributed by atoms with Crippen LogP contribution in [0, 0.1) is 13.8 Å². The normalized spacial score (nSPS) is 11.7. The lowest BCUT2D eigenvalue weighted by atomic mass is 9.87. The van der Waals surface area contributed by atoms with Crippen molar-refractivity contribution < 1.29 is 4.79 Å². The highest BCUT2D eigenvalue weighted by atomic mass is 16.1. The van der Waals surface area contributed by atoms with Crippen molar-refractivity contribution in [3.05, 3.63) is 70.8 Å². The standard InChI is InChI=1S/C21H25NO/c1-15-6-7-16(2)19(14-15)22-20(23)13-10-17-8-11-18(12-9-17)21(3,4)5/h6-14H,1-5H3,(H,22,23)/b13-10-. The van der Waals surface area contributed by atoms with Gasteiger partial charge < -0.3 is 5.32 Å². The van der Waals surface area contributed by atoms with Crippen molar-refractivity contribution in [1.82, 2.24) is 0 Å². The van der Waals surface area contributed by atoms with Crippen molar-refractivity contribution in [1.29, 1.82) is 0 Å². The molecule has 0 fully saturated rings. The Balaban J connectivity index is 2.05. The van der Waals surface area contributed by atoms with Crippen LogP contribution in [-0.2, 0) is 10.2 Å². The fourth-order valence-corrected chi connectivity index (χ4v) is 2.31. The molecule has 0 aliphatic heterocycles. The minimum atomic E-state index is -0.112. The van der Waals surface area contributed by atoms with Crippen molar-refractivity contribution in [2.24, 2.45) is 0 Å². The van der Waals surface area contributed by atoms with Crippen molar-refractivity contribution in [3.8, 4) is 0 Å². The number of anilines is 1. The van der Waals surface area contributed by atoms with Gasteiger partial charge in [-0.15, -0.1) is 0 Å². The van der Waals surface area contributed by atoms with E-state index in [1.54, 1.807) is 6.08 Å². The van der Waals surface area contributed by atoms with Crippen LogP contribution in [0.25, 0.3) is 6.08 Å². The second kappa shape index (κ2) is 6.82. The van der Waals surface area contributed by atoms with Gasteiger partial charge in [-0.3, -0.25) is 4.79 Å². The Hall–Kier alpha value is -2.35. The van der Waals surface area contributed by atoms with Gasteiger partial charge in [-0.25, -0.2) is 0 Å². The number of amides is 1. The highest BCUT2D eigenvalue weighted by molar-refractivity contribution is 6.02. The van der Waals surface area contributed by atoms with Gasteiger partial charge in [-0.1, -0.05) is 57.2 Å². The highest BCUT2D eigenvalue weighted by Gasteiger charge is 2.12. The molecule has 0 spiro atoms. The van der Waals surface area contributed by atoms with Gasteiger partial charge in [0.2, 0.25) is 5.91 Å². The average molecular weight is 307 g/mol. The lowest BCUT2D eigenvalue weighted by Gasteiger charge is -2.18. The summed E-state index contributed by atoms with van der Waals surface area (Å²) < 4.78 is 0. The van der Waals surface area contributed by atoms with E-state index in [-0.39, 0.29) is 11.3 Å². The van der Waals surface area contributed by atoms with Crippen molar-refractivity contribution in [2.75, 3.05) is 5.32 Å². The van der Waals surface area contributed by atoms with Gasteiger partial charge in [0.05, 0.1) is 0 Å². The summed E-state index contributed by atoms with van der Waals surface area (Å²) in [4.78, 5) is 12.1. The molecule has 0 bridgehead atoms. The zero-order chi connectivity index (χ0) is 17.0. The van der Waals surface area contributed by atoms with Gasteiger partial charge in [0.15, 0.2) is 0 Å². The average Bonchev–Trinajstić information content (AvgIpc) is 2.48. The Morgan fingerprint density at radius 1 is 1.00 bits per heavy atom. The van der Waals surface area contributed by atoms with E-state index in [0.717, 1.165) is 22.4 Å². The Morgan fingerprint density at radius 3 is 2.26 bits per heavy atom. The number of carbonyl (C=O) groups is 1. The molecule has 120 valence electrons. The van der Waals surface area contributed by atoms with Crippen LogP contribution in [0.15, 0.2) is 48.5 Å². The lowest BCUT2D eigenvalue weighted by Crippen LogP contribution is -2.10. The summed E-state index contributed by atoms with van der Waals surface area (Å²) in [7, 11) is 0. The Labute approximate surface area is 139 Å². The van der Waals surface area contributed by atoms with Crippen molar-refractivity contribution in [3.63, 3.8) is 0 Å². The van der Waals surface area contributed by atoms with Crippen LogP contribution in [0.1, 0.15) is 43.0 Å². The molecular weight excluding hydrogens is 282 g/mol. The van der Waals surface area contributed by atoms with E-state index in [1.807, 2.05) is 50.3 Å². The predicted octanol–water partition coefficient (Wildman–Crippen LogP) is 5.25. The van der Waals surface area contributed by atoms with Crippen LogP contribution in [0.4, 0.5) is 5.69 Å². The quantitative estimate of drug-likeness (QED) is 0.771. The summed E-state index contributed by atoms with van der Waals surface area (Å²) in [5, 5.41) is 2.93. The van der Waals surface area contributed by atoms with Crippen LogP contribution in [0.5, 0.6) is 0 Å². The first-order valence-corrected chi connectivity index (χ1v) is 7.92. The highest BCUT2D eigenvalue weighted by Crippen LogP contribution is 2.22. The van der Waals surface area contributed by atoms with E-state index in [2.05, 4.69) is 38.2 Å². The van der Waals surface area contributed by atoms with E-state index in [4.69, 9.17) is 0 Å². The SMILES string of the molecule is Cc1ccc(C)c(NC(=O)/C=C\c2ccc(C(C)(C)C)cc2)c1. The predicted molar refractivity (Wildman–Crippen MR) is 98.7 cm³/mol. The van der Waals surface area contributed by atoms with Gasteiger partial charge in [-0.05, 0) is 53.7 Å². The summed E-state index contributed by atoms with van der Waals surface area (Å²) in [6.45, 7) is 10.6. The number of hydrogen-bond acceptors (Lipinski definition) is 1. The molecule has 2 heteroatoms. The molecule has 0 unspecified atom stereocenters. The monoisotopic (exact) mass is 307 g/mol. The summed E-state index contributed by atoms with van der Waals surface area (Å²) in [5.74, 6) is -0.112. The fraction of sp³-hybridized carbons (Fsp3) is 0.286. The number of aryl methyl sites for hydroxylation is 2. The van der Waals surface area contributed by atoms with Crippen LogP contribution in [-0.4, -0.2) is 5.91 Å². The third-order valence-corrected chi connectivity index (χ3v) is 3.85. The Kier molecular flexibility index (Phi) is 5.05. The van der Waals surface area contributed by atoms with Crippen molar-refractivity contribution in [2.45, 2.75) is 40.0 Å². The molecular formula is C21H25NO. The first-order chi connectivity index (χ1) is 10.8. The first kappa shape index (κ1) is 17.0. The topological polar surface area (TPSA) is 29.1 Å². The first-order valence-electron chi connectivity index (χ1n) is 7.92. The Bertz CT molecular complexity index is 718. The number of benzene rings is 2. The largest absolute Gasteiger partial charge is 0.322 e. The van der Waals surface area contributed by atoms with E-state index in [0.29, 0.717) is 0 Å². The van der Waals surface area contributed by atoms with E-state index in [9.17, 15) is 4.79 Å². The zero-order valence-electron chi connectivity index (χ0n) is 14.6. The molecule has 0 saturated heterocycles. The summed E-state index contributed by atoms with van der Waals surface area (Å²) in [6, 6.07) is 14.4. The number of hydrogen-bond donors (Lipinski definition) is 1. The number of rotatable bonds is 3. The van der Waals surface area contributed by atoms with E-state index < -0.39 is 0 Å². The minimum absolute atomic E-state index is 0.112. The number of carbonyl (C=O) groups excluding carboxylic acids is 1. The smallest absolute Gasteiger partial charge is 0.248 e. The van der Waals surface area contributed by atoms with Crippen LogP contribution >= 0.6 is 0 Å². The van der Waals surface area contributed by atoms with Crippen LogP contribution in [0.3, 0.4) is 0 Å². The van der Waals surface area contributed by atoms with Crippen molar-refractivity contribution >= 4 is 17.7 Å². The molecule has 23 heavy (non-hydrogen) atoms. The maximum Gasteiger partial charge on any atom is 0.248 e. The molecule has 2 aromatic carbocycles. The van der Waals surface area contributed by atoms with Gasteiger partial charge >= 0.3 is 0 Å². The third kappa shape index (κ3) is 4.82. The van der Waals surface area contributed by atoms with E-state index in [1.165, 1.54) is 5.56 Å². The van der Waals surface area contributed by atoms with Crippen LogP contribution in [0.2, 0.25) is 0 Å². The lowest BCUT2D eigenvalue weighted by molar-refractivity contribution is -0.111. The van der Waals surface area contributed by atoms with E-state index >= 15 is 0 Å². The maximum absolute atomic E-state index is 12.1. The van der Waals surface area contributed by atoms with Gasteiger partial charge in [0, 0.05) is 11.8 Å². The van der Waals surface area contributed by atoms with Gasteiger partial charge in [0.25, 0.3) is 0 Å². The van der Waals surface area contributed by atoms with Gasteiger partial charge in [0.1, 0.15) is 0 Å².